The summed E-state index contributed by atoms with van der Waals surface area (Å²) in [6.07, 6.45) is 1.40. The van der Waals surface area contributed by atoms with Gasteiger partial charge < -0.3 is 14.8 Å². The van der Waals surface area contributed by atoms with Crippen LogP contribution >= 0.6 is 11.6 Å². The Morgan fingerprint density at radius 1 is 0.906 bits per heavy atom. The maximum atomic E-state index is 12.2. The summed E-state index contributed by atoms with van der Waals surface area (Å²) < 4.78 is 11.3. The summed E-state index contributed by atoms with van der Waals surface area (Å²) >= 11 is 6.16. The van der Waals surface area contributed by atoms with Crippen molar-refractivity contribution in [2.75, 3.05) is 11.9 Å². The molecule has 2 N–H and O–H groups in total. The Hall–Kier alpha value is -3.84. The van der Waals surface area contributed by atoms with Crippen LogP contribution < -0.4 is 20.2 Å². The van der Waals surface area contributed by atoms with Gasteiger partial charge in [-0.1, -0.05) is 54.1 Å². The van der Waals surface area contributed by atoms with Gasteiger partial charge in [-0.25, -0.2) is 5.43 Å². The third kappa shape index (κ3) is 6.33. The Kier molecular flexibility index (Phi) is 8.22. The number of nitrogens with one attached hydrogen (secondary N) is 2. The van der Waals surface area contributed by atoms with Gasteiger partial charge in [0.2, 0.25) is 0 Å². The van der Waals surface area contributed by atoms with Crippen LogP contribution in [-0.2, 0) is 16.2 Å². The molecule has 2 amide bonds. The van der Waals surface area contributed by atoms with E-state index in [1.807, 2.05) is 37.3 Å². The van der Waals surface area contributed by atoms with E-state index in [9.17, 15) is 9.59 Å². The molecule has 0 aliphatic carbocycles. The zero-order valence-electron chi connectivity index (χ0n) is 17.4. The predicted octanol–water partition coefficient (Wildman–Crippen LogP) is 4.41. The molecular formula is C24H22ClN3O4. The number of ether oxygens (including phenoxy) is 2. The summed E-state index contributed by atoms with van der Waals surface area (Å²) in [7, 11) is 0. The number of para-hydroxylation sites is 3. The van der Waals surface area contributed by atoms with Crippen LogP contribution in [0.2, 0.25) is 5.02 Å². The first kappa shape index (κ1) is 22.8. The lowest BCUT2D eigenvalue weighted by atomic mass is 10.2. The zero-order valence-corrected chi connectivity index (χ0v) is 18.1. The summed E-state index contributed by atoms with van der Waals surface area (Å²) in [5, 5.41) is 7.00. The van der Waals surface area contributed by atoms with Gasteiger partial charge in [0.05, 0.1) is 18.5 Å². The van der Waals surface area contributed by atoms with Crippen LogP contribution in [0.4, 0.5) is 5.69 Å². The van der Waals surface area contributed by atoms with Crippen LogP contribution in [0.3, 0.4) is 0 Å². The lowest BCUT2D eigenvalue weighted by Gasteiger charge is -2.10. The van der Waals surface area contributed by atoms with E-state index >= 15 is 0 Å². The Morgan fingerprint density at radius 2 is 1.59 bits per heavy atom. The number of hydrogen-bond donors (Lipinski definition) is 2. The fourth-order valence-corrected chi connectivity index (χ4v) is 2.92. The minimum atomic E-state index is -0.915. The molecule has 0 bridgehead atoms. The molecule has 3 aromatic rings. The minimum Gasteiger partial charge on any atom is -0.492 e. The molecule has 7 nitrogen and oxygen atoms in total. The van der Waals surface area contributed by atoms with E-state index in [2.05, 4.69) is 15.8 Å². The van der Waals surface area contributed by atoms with Gasteiger partial charge in [0, 0.05) is 16.1 Å². The Morgan fingerprint density at radius 3 is 2.38 bits per heavy atom. The molecular weight excluding hydrogens is 430 g/mol. The van der Waals surface area contributed by atoms with Crippen molar-refractivity contribution < 1.29 is 19.1 Å². The number of hydrogen-bond acceptors (Lipinski definition) is 5. The molecule has 0 saturated carbocycles. The number of hydrazone groups is 1. The standard InChI is InChI=1S/C24H22ClN3O4/c1-2-31-22-14-8-6-12-20(22)27-23(29)24(30)28-26-15-17-9-4-7-13-21(17)32-16-18-10-3-5-11-19(18)25/h3-15H,2,16H2,1H3,(H,27,29)(H,28,30)/b26-15-. The molecule has 8 heteroatoms. The largest absolute Gasteiger partial charge is 0.492 e. The van der Waals surface area contributed by atoms with Crippen LogP contribution in [0, 0.1) is 0 Å². The molecule has 0 atom stereocenters. The zero-order chi connectivity index (χ0) is 22.8. The fraction of sp³-hybridized carbons (Fsp3) is 0.125. The molecule has 0 fully saturated rings. The molecule has 164 valence electrons. The third-order valence-corrected chi connectivity index (χ3v) is 4.64. The molecule has 0 aromatic heterocycles. The maximum absolute atomic E-state index is 12.2. The molecule has 3 rings (SSSR count). The van der Waals surface area contributed by atoms with Gasteiger partial charge in [0.15, 0.2) is 0 Å². The molecule has 0 radical (unpaired) electrons. The van der Waals surface area contributed by atoms with Gasteiger partial charge in [0.25, 0.3) is 0 Å². The van der Waals surface area contributed by atoms with Gasteiger partial charge in [-0.2, -0.15) is 5.10 Å². The third-order valence-electron chi connectivity index (χ3n) is 4.27. The van der Waals surface area contributed by atoms with Gasteiger partial charge in [-0.05, 0) is 37.3 Å². The number of nitrogens with zero attached hydrogens (tertiary/aromatic N) is 1. The lowest BCUT2D eigenvalue weighted by molar-refractivity contribution is -0.136. The Balaban J connectivity index is 1.59. The maximum Gasteiger partial charge on any atom is 0.329 e. The number of rotatable bonds is 8. The van der Waals surface area contributed by atoms with Crippen LogP contribution in [0.5, 0.6) is 11.5 Å². The number of carbonyl (C=O) groups excluding carboxylic acids is 2. The second-order valence-corrected chi connectivity index (χ2v) is 6.91. The van der Waals surface area contributed by atoms with E-state index in [4.69, 9.17) is 21.1 Å². The quantitative estimate of drug-likeness (QED) is 0.301. The predicted molar refractivity (Wildman–Crippen MR) is 124 cm³/mol. The van der Waals surface area contributed by atoms with Crippen LogP contribution in [0.25, 0.3) is 0 Å². The smallest absolute Gasteiger partial charge is 0.329 e. The monoisotopic (exact) mass is 451 g/mol. The summed E-state index contributed by atoms with van der Waals surface area (Å²) in [6, 6.07) is 21.4. The summed E-state index contributed by atoms with van der Waals surface area (Å²) in [5.41, 5.74) is 4.09. The molecule has 0 spiro atoms. The SMILES string of the molecule is CCOc1ccccc1NC(=O)C(=O)N/N=C\c1ccccc1OCc1ccccc1Cl. The van der Waals surface area contributed by atoms with E-state index in [1.165, 1.54) is 6.21 Å². The molecule has 0 heterocycles. The van der Waals surface area contributed by atoms with Gasteiger partial charge in [0.1, 0.15) is 18.1 Å². The molecule has 0 unspecified atom stereocenters. The number of amides is 2. The lowest BCUT2D eigenvalue weighted by Crippen LogP contribution is -2.32. The van der Waals surface area contributed by atoms with E-state index < -0.39 is 11.8 Å². The normalized spacial score (nSPS) is 10.6. The van der Waals surface area contributed by atoms with E-state index in [-0.39, 0.29) is 6.61 Å². The van der Waals surface area contributed by atoms with Crippen molar-refractivity contribution in [3.05, 3.63) is 88.9 Å². The first-order valence-electron chi connectivity index (χ1n) is 9.90. The highest BCUT2D eigenvalue weighted by Gasteiger charge is 2.15. The molecule has 0 saturated heterocycles. The van der Waals surface area contributed by atoms with Gasteiger partial charge in [-0.3, -0.25) is 9.59 Å². The molecule has 3 aromatic carbocycles. The van der Waals surface area contributed by atoms with Crippen molar-refractivity contribution in [2.24, 2.45) is 5.10 Å². The van der Waals surface area contributed by atoms with Crippen LogP contribution in [-0.4, -0.2) is 24.6 Å². The molecule has 0 aliphatic heterocycles. The molecule has 32 heavy (non-hydrogen) atoms. The highest BCUT2D eigenvalue weighted by atomic mass is 35.5. The van der Waals surface area contributed by atoms with Crippen molar-refractivity contribution in [3.8, 4) is 11.5 Å². The van der Waals surface area contributed by atoms with Crippen LogP contribution in [0.15, 0.2) is 77.9 Å². The average Bonchev–Trinajstić information content (AvgIpc) is 2.80. The van der Waals surface area contributed by atoms with Crippen molar-refractivity contribution in [1.29, 1.82) is 0 Å². The number of carbonyl (C=O) groups is 2. The van der Waals surface area contributed by atoms with Gasteiger partial charge >= 0.3 is 11.8 Å². The number of halogens is 1. The highest BCUT2D eigenvalue weighted by molar-refractivity contribution is 6.39. The van der Waals surface area contributed by atoms with Crippen LogP contribution in [0.1, 0.15) is 18.1 Å². The minimum absolute atomic E-state index is 0.276. The second kappa shape index (κ2) is 11.5. The van der Waals surface area contributed by atoms with Crippen molar-refractivity contribution in [3.63, 3.8) is 0 Å². The summed E-state index contributed by atoms with van der Waals surface area (Å²) in [5.74, 6) is -0.746. The van der Waals surface area contributed by atoms with E-state index in [0.29, 0.717) is 34.4 Å². The summed E-state index contributed by atoms with van der Waals surface area (Å²) in [4.78, 5) is 24.3. The fourth-order valence-electron chi connectivity index (χ4n) is 2.73. The first-order chi connectivity index (χ1) is 15.6. The summed E-state index contributed by atoms with van der Waals surface area (Å²) in [6.45, 7) is 2.54. The van der Waals surface area contributed by atoms with Gasteiger partial charge in [-0.15, -0.1) is 0 Å². The average molecular weight is 452 g/mol. The first-order valence-corrected chi connectivity index (χ1v) is 10.3. The highest BCUT2D eigenvalue weighted by Crippen LogP contribution is 2.23. The van der Waals surface area contributed by atoms with E-state index in [1.54, 1.807) is 42.5 Å². The number of anilines is 1. The number of benzene rings is 3. The topological polar surface area (TPSA) is 89.0 Å². The molecule has 0 aliphatic rings. The second-order valence-electron chi connectivity index (χ2n) is 6.50. The van der Waals surface area contributed by atoms with Crippen molar-refractivity contribution >= 4 is 35.3 Å². The Bertz CT molecular complexity index is 1120. The van der Waals surface area contributed by atoms with E-state index in [0.717, 1.165) is 5.56 Å². The Labute approximate surface area is 191 Å². The van der Waals surface area contributed by atoms with Crippen molar-refractivity contribution in [2.45, 2.75) is 13.5 Å². The van der Waals surface area contributed by atoms with Crippen molar-refractivity contribution in [1.82, 2.24) is 5.43 Å².